The first-order chi connectivity index (χ1) is 12.5. The van der Waals surface area contributed by atoms with Gasteiger partial charge in [-0.15, -0.1) is 11.3 Å². The summed E-state index contributed by atoms with van der Waals surface area (Å²) in [5.41, 5.74) is 2.08. The van der Waals surface area contributed by atoms with Crippen molar-refractivity contribution in [1.29, 1.82) is 0 Å². The normalized spacial score (nSPS) is 10.5. The predicted molar refractivity (Wildman–Crippen MR) is 104 cm³/mol. The zero-order valence-corrected chi connectivity index (χ0v) is 15.4. The standard InChI is InChI=1S/C19H19N3O3S/c1-12(23)20-15-11-13(7-8-16(15)25-2)21-18(24)9-10-19-22-14-5-3-4-6-17(14)26-19/h3-8,11H,9-10H2,1-2H3,(H,20,23)(H,21,24). The number of hydrogen-bond acceptors (Lipinski definition) is 5. The third-order valence-corrected chi connectivity index (χ3v) is 4.79. The third-order valence-electron chi connectivity index (χ3n) is 3.70. The summed E-state index contributed by atoms with van der Waals surface area (Å²) in [6, 6.07) is 13.0. The molecule has 0 atom stereocenters. The molecule has 0 aliphatic rings. The molecule has 0 fully saturated rings. The number of para-hydroxylation sites is 1. The SMILES string of the molecule is COc1ccc(NC(=O)CCc2nc3ccccc3s2)cc1NC(C)=O. The highest BCUT2D eigenvalue weighted by molar-refractivity contribution is 7.18. The maximum absolute atomic E-state index is 12.2. The number of hydrogen-bond donors (Lipinski definition) is 2. The summed E-state index contributed by atoms with van der Waals surface area (Å²) in [4.78, 5) is 28.1. The lowest BCUT2D eigenvalue weighted by Gasteiger charge is -2.11. The predicted octanol–water partition coefficient (Wildman–Crippen LogP) is 3.83. The van der Waals surface area contributed by atoms with Crippen molar-refractivity contribution in [2.24, 2.45) is 0 Å². The average Bonchev–Trinajstić information content (AvgIpc) is 3.03. The first-order valence-electron chi connectivity index (χ1n) is 8.15. The van der Waals surface area contributed by atoms with Gasteiger partial charge in [-0.2, -0.15) is 0 Å². The Morgan fingerprint density at radius 1 is 1.15 bits per heavy atom. The number of methoxy groups -OCH3 is 1. The van der Waals surface area contributed by atoms with Crippen molar-refractivity contribution in [3.8, 4) is 5.75 Å². The van der Waals surface area contributed by atoms with Crippen LogP contribution in [-0.4, -0.2) is 23.9 Å². The van der Waals surface area contributed by atoms with Gasteiger partial charge >= 0.3 is 0 Å². The van der Waals surface area contributed by atoms with Crippen LogP contribution in [0, 0.1) is 0 Å². The van der Waals surface area contributed by atoms with E-state index >= 15 is 0 Å². The molecule has 3 aromatic rings. The molecule has 0 bridgehead atoms. The van der Waals surface area contributed by atoms with Crippen molar-refractivity contribution < 1.29 is 14.3 Å². The number of ether oxygens (including phenoxy) is 1. The van der Waals surface area contributed by atoms with E-state index in [0.29, 0.717) is 30.0 Å². The summed E-state index contributed by atoms with van der Waals surface area (Å²) in [5.74, 6) is 0.221. The van der Waals surface area contributed by atoms with Gasteiger partial charge in [0.1, 0.15) is 5.75 Å². The molecular formula is C19H19N3O3S. The minimum absolute atomic E-state index is 0.108. The maximum atomic E-state index is 12.2. The molecule has 6 nitrogen and oxygen atoms in total. The Labute approximate surface area is 155 Å². The van der Waals surface area contributed by atoms with Crippen molar-refractivity contribution in [3.05, 3.63) is 47.5 Å². The molecule has 7 heteroatoms. The fourth-order valence-electron chi connectivity index (χ4n) is 2.54. The number of aromatic nitrogens is 1. The second-order valence-corrected chi connectivity index (χ2v) is 6.83. The molecule has 0 saturated carbocycles. The summed E-state index contributed by atoms with van der Waals surface area (Å²) in [7, 11) is 1.52. The molecule has 0 radical (unpaired) electrons. The van der Waals surface area contributed by atoms with Gasteiger partial charge in [0.05, 0.1) is 28.0 Å². The Bertz CT molecular complexity index is 919. The van der Waals surface area contributed by atoms with E-state index in [1.165, 1.54) is 14.0 Å². The van der Waals surface area contributed by atoms with Gasteiger partial charge in [-0.1, -0.05) is 12.1 Å². The minimum Gasteiger partial charge on any atom is -0.495 e. The maximum Gasteiger partial charge on any atom is 0.224 e. The van der Waals surface area contributed by atoms with Gasteiger partial charge in [-0.25, -0.2) is 4.98 Å². The van der Waals surface area contributed by atoms with Crippen molar-refractivity contribution in [2.45, 2.75) is 19.8 Å². The van der Waals surface area contributed by atoms with Gasteiger partial charge in [-0.05, 0) is 30.3 Å². The van der Waals surface area contributed by atoms with E-state index < -0.39 is 0 Å². The molecule has 0 aliphatic heterocycles. The van der Waals surface area contributed by atoms with Crippen molar-refractivity contribution in [3.63, 3.8) is 0 Å². The number of aryl methyl sites for hydroxylation is 1. The van der Waals surface area contributed by atoms with E-state index in [-0.39, 0.29) is 11.8 Å². The Hall–Kier alpha value is -2.93. The fraction of sp³-hybridized carbons (Fsp3) is 0.211. The molecule has 2 aromatic carbocycles. The summed E-state index contributed by atoms with van der Waals surface area (Å²) < 4.78 is 6.33. The number of carbonyl (C=O) groups excluding carboxylic acids is 2. The van der Waals surface area contributed by atoms with Gasteiger partial charge in [0.15, 0.2) is 0 Å². The van der Waals surface area contributed by atoms with Crippen LogP contribution in [-0.2, 0) is 16.0 Å². The van der Waals surface area contributed by atoms with Crippen LogP contribution in [0.4, 0.5) is 11.4 Å². The Morgan fingerprint density at radius 3 is 2.69 bits per heavy atom. The molecule has 3 rings (SSSR count). The van der Waals surface area contributed by atoms with E-state index in [4.69, 9.17) is 4.74 Å². The monoisotopic (exact) mass is 369 g/mol. The topological polar surface area (TPSA) is 80.3 Å². The Morgan fingerprint density at radius 2 is 1.96 bits per heavy atom. The lowest BCUT2D eigenvalue weighted by Crippen LogP contribution is -2.13. The van der Waals surface area contributed by atoms with Crippen LogP contribution in [0.2, 0.25) is 0 Å². The van der Waals surface area contributed by atoms with Crippen molar-refractivity contribution >= 4 is 44.7 Å². The third kappa shape index (κ3) is 4.37. The molecule has 0 unspecified atom stereocenters. The van der Waals surface area contributed by atoms with Gasteiger partial charge in [0.25, 0.3) is 0 Å². The molecule has 0 aliphatic carbocycles. The number of nitrogens with zero attached hydrogens (tertiary/aromatic N) is 1. The number of anilines is 2. The van der Waals surface area contributed by atoms with E-state index in [2.05, 4.69) is 15.6 Å². The molecule has 0 saturated heterocycles. The van der Waals surface area contributed by atoms with Crippen LogP contribution in [0.5, 0.6) is 5.75 Å². The molecule has 2 amide bonds. The van der Waals surface area contributed by atoms with Gasteiger partial charge in [0.2, 0.25) is 11.8 Å². The molecule has 1 aromatic heterocycles. The van der Waals surface area contributed by atoms with Crippen LogP contribution in [0.3, 0.4) is 0 Å². The van der Waals surface area contributed by atoms with Gasteiger partial charge < -0.3 is 15.4 Å². The zero-order chi connectivity index (χ0) is 18.5. The Kier molecular flexibility index (Phi) is 5.48. The average molecular weight is 369 g/mol. The Balaban J connectivity index is 1.63. The minimum atomic E-state index is -0.206. The fourth-order valence-corrected chi connectivity index (χ4v) is 3.51. The number of rotatable bonds is 6. The van der Waals surface area contributed by atoms with E-state index in [1.54, 1.807) is 29.5 Å². The van der Waals surface area contributed by atoms with Crippen LogP contribution in [0.15, 0.2) is 42.5 Å². The second kappa shape index (κ2) is 7.97. The molecule has 26 heavy (non-hydrogen) atoms. The largest absolute Gasteiger partial charge is 0.495 e. The van der Waals surface area contributed by atoms with E-state index in [1.807, 2.05) is 24.3 Å². The van der Waals surface area contributed by atoms with Gasteiger partial charge in [-0.3, -0.25) is 9.59 Å². The molecular weight excluding hydrogens is 350 g/mol. The first kappa shape index (κ1) is 17.9. The van der Waals surface area contributed by atoms with Crippen molar-refractivity contribution in [2.75, 3.05) is 17.7 Å². The summed E-state index contributed by atoms with van der Waals surface area (Å²) in [6.07, 6.45) is 0.918. The smallest absolute Gasteiger partial charge is 0.224 e. The second-order valence-electron chi connectivity index (χ2n) is 5.72. The lowest BCUT2D eigenvalue weighted by atomic mass is 10.2. The number of fused-ring (bicyclic) bond motifs is 1. The molecule has 1 heterocycles. The van der Waals surface area contributed by atoms with Crippen LogP contribution < -0.4 is 15.4 Å². The first-order valence-corrected chi connectivity index (χ1v) is 8.97. The van der Waals surface area contributed by atoms with Gasteiger partial charge in [0, 0.05) is 25.5 Å². The lowest BCUT2D eigenvalue weighted by molar-refractivity contribution is -0.116. The highest BCUT2D eigenvalue weighted by Crippen LogP contribution is 2.28. The summed E-state index contributed by atoms with van der Waals surface area (Å²) >= 11 is 1.60. The highest BCUT2D eigenvalue weighted by Gasteiger charge is 2.10. The summed E-state index contributed by atoms with van der Waals surface area (Å²) in [5, 5.41) is 6.47. The molecule has 134 valence electrons. The number of carbonyl (C=O) groups is 2. The number of amides is 2. The van der Waals surface area contributed by atoms with Crippen LogP contribution >= 0.6 is 11.3 Å². The van der Waals surface area contributed by atoms with Crippen molar-refractivity contribution in [1.82, 2.24) is 4.98 Å². The highest BCUT2D eigenvalue weighted by atomic mass is 32.1. The van der Waals surface area contributed by atoms with Crippen LogP contribution in [0.25, 0.3) is 10.2 Å². The molecule has 0 spiro atoms. The quantitative estimate of drug-likeness (QED) is 0.692. The van der Waals surface area contributed by atoms with E-state index in [9.17, 15) is 9.59 Å². The summed E-state index contributed by atoms with van der Waals surface area (Å²) in [6.45, 7) is 1.42. The number of thiazole rings is 1. The van der Waals surface area contributed by atoms with Crippen LogP contribution in [0.1, 0.15) is 18.4 Å². The van der Waals surface area contributed by atoms with E-state index in [0.717, 1.165) is 15.2 Å². The number of benzene rings is 2. The zero-order valence-electron chi connectivity index (χ0n) is 14.5. The molecule has 2 N–H and O–H groups in total. The number of nitrogens with one attached hydrogen (secondary N) is 2.